The number of aliphatic hydroxyl groups is 1. The van der Waals surface area contributed by atoms with Crippen LogP contribution in [-0.4, -0.2) is 88.8 Å². The number of phosphoric acid groups is 1. The van der Waals surface area contributed by atoms with Crippen molar-refractivity contribution in [1.82, 2.24) is 15.4 Å². The molecule has 17 nitrogen and oxygen atoms in total. The number of nitrogens with zero attached hydrogens (tertiary/aromatic N) is 5. The van der Waals surface area contributed by atoms with E-state index in [1.807, 2.05) is 0 Å². The summed E-state index contributed by atoms with van der Waals surface area (Å²) in [5.74, 6) is -1.87. The molecule has 2 aliphatic heterocycles. The normalized spacial score (nSPS) is 28.6. The average Bonchev–Trinajstić information content (AvgIpc) is 3.28. The number of methoxy groups -OCH3 is 1. The van der Waals surface area contributed by atoms with Crippen LogP contribution in [0, 0.1) is 0 Å². The fourth-order valence-electron chi connectivity index (χ4n) is 3.91. The number of amides is 3. The number of aliphatic hydroxyl groups excluding tert-OH is 1. The second-order valence-corrected chi connectivity index (χ2v) is 12.9. The first kappa shape index (κ1) is 33.2. The third-order valence-corrected chi connectivity index (χ3v) is 8.44. The van der Waals surface area contributed by atoms with Gasteiger partial charge in [-0.2, -0.15) is 10.4 Å². The van der Waals surface area contributed by atoms with Gasteiger partial charge in [0.15, 0.2) is 10.6 Å². The van der Waals surface area contributed by atoms with Crippen molar-refractivity contribution in [2.24, 2.45) is 5.22 Å². The zero-order chi connectivity index (χ0) is 30.5. The fraction of sp³-hybridized carbons (Fsp3) is 0.571. The van der Waals surface area contributed by atoms with Gasteiger partial charge in [0.1, 0.15) is 24.1 Å². The zero-order valence-corrected chi connectivity index (χ0v) is 26.1. The highest BCUT2D eigenvalue weighted by Gasteiger charge is 2.61. The molecule has 7 atom stereocenters. The van der Waals surface area contributed by atoms with Gasteiger partial charge in [-0.1, -0.05) is 36.9 Å². The van der Waals surface area contributed by atoms with Crippen LogP contribution < -0.4 is 10.0 Å². The van der Waals surface area contributed by atoms with Crippen molar-refractivity contribution in [1.29, 1.82) is 0 Å². The highest BCUT2D eigenvalue weighted by molar-refractivity contribution is 9.10. The third kappa shape index (κ3) is 7.56. The Morgan fingerprint density at radius 1 is 1.37 bits per heavy atom. The monoisotopic (exact) mass is 728 g/mol. The number of hydrogen-bond donors (Lipinski definition) is 2. The Labute approximate surface area is 250 Å². The van der Waals surface area contributed by atoms with Crippen molar-refractivity contribution < 1.29 is 51.9 Å². The number of hydrogen-bond acceptors (Lipinski definition) is 13. The zero-order valence-electron chi connectivity index (χ0n) is 22.1. The lowest BCUT2D eigenvalue weighted by Gasteiger charge is -2.44. The van der Waals surface area contributed by atoms with E-state index in [1.165, 1.54) is 40.2 Å². The molecule has 0 spiro atoms. The number of hydroxylamine groups is 1. The van der Waals surface area contributed by atoms with Crippen molar-refractivity contribution >= 4 is 57.6 Å². The number of carbonyl (C=O) groups is 3. The molecule has 41 heavy (non-hydrogen) atoms. The van der Waals surface area contributed by atoms with Crippen molar-refractivity contribution in [2.75, 3.05) is 20.8 Å². The van der Waals surface area contributed by atoms with Gasteiger partial charge >= 0.3 is 25.7 Å². The predicted molar refractivity (Wildman–Crippen MR) is 145 cm³/mol. The van der Waals surface area contributed by atoms with Crippen LogP contribution in [0.2, 0.25) is 0 Å². The number of urea groups is 1. The second kappa shape index (κ2) is 13.8. The maximum Gasteiger partial charge on any atom is 0.589 e. The summed E-state index contributed by atoms with van der Waals surface area (Å²) in [5, 5.41) is 14.2. The summed E-state index contributed by atoms with van der Waals surface area (Å²) in [6, 6.07) is 3.96. The van der Waals surface area contributed by atoms with Crippen molar-refractivity contribution in [3.05, 3.63) is 39.2 Å². The van der Waals surface area contributed by atoms with Crippen LogP contribution in [0.5, 0.6) is 5.75 Å². The van der Waals surface area contributed by atoms with Crippen LogP contribution in [-0.2, 0) is 37.5 Å². The highest BCUT2D eigenvalue weighted by Crippen LogP contribution is 2.50. The summed E-state index contributed by atoms with van der Waals surface area (Å²) >= 11 is 6.49. The summed E-state index contributed by atoms with van der Waals surface area (Å²) in [6.07, 6.45) is -5.16. The lowest BCUT2D eigenvalue weighted by molar-refractivity contribution is -0.166. The van der Waals surface area contributed by atoms with E-state index in [2.05, 4.69) is 52.3 Å². The van der Waals surface area contributed by atoms with Gasteiger partial charge in [-0.05, 0) is 43.3 Å². The van der Waals surface area contributed by atoms with Crippen molar-refractivity contribution in [3.8, 4) is 5.75 Å². The lowest BCUT2D eigenvalue weighted by Crippen LogP contribution is -2.68. The lowest BCUT2D eigenvalue weighted by atomic mass is 10.0. The molecule has 3 amide bonds. The summed E-state index contributed by atoms with van der Waals surface area (Å²) in [5.41, 5.74) is 11.2. The van der Waals surface area contributed by atoms with Crippen LogP contribution in [0.25, 0.3) is 10.4 Å². The average molecular weight is 730 g/mol. The van der Waals surface area contributed by atoms with Gasteiger partial charge in [-0.25, -0.2) is 23.8 Å². The smallest absolute Gasteiger partial charge is 0.395 e. The molecule has 2 fully saturated rings. The van der Waals surface area contributed by atoms with Crippen molar-refractivity contribution in [3.63, 3.8) is 0 Å². The second-order valence-electron chi connectivity index (χ2n) is 8.82. The number of rotatable bonds is 12. The highest BCUT2D eigenvalue weighted by atomic mass is 79.9. The van der Waals surface area contributed by atoms with E-state index in [-0.39, 0.29) is 12.2 Å². The van der Waals surface area contributed by atoms with Crippen LogP contribution in [0.1, 0.15) is 20.3 Å². The van der Waals surface area contributed by atoms with E-state index in [9.17, 15) is 24.1 Å². The molecule has 0 aromatic heterocycles. The largest absolute Gasteiger partial charge is 0.589 e. The number of halogens is 2. The fourth-order valence-corrected chi connectivity index (χ4v) is 5.98. The summed E-state index contributed by atoms with van der Waals surface area (Å²) in [7, 11) is -2.15. The molecular formula is C21H27Br2N6O11P. The molecular weight excluding hydrogens is 703 g/mol. The maximum atomic E-state index is 13.5. The molecule has 1 aromatic rings. The number of azide groups is 1. The summed E-state index contributed by atoms with van der Waals surface area (Å²) < 4.78 is 39.8. The number of imide groups is 1. The summed E-state index contributed by atoms with van der Waals surface area (Å²) in [6.45, 7) is 2.17. The van der Waals surface area contributed by atoms with Gasteiger partial charge in [0.2, 0.25) is 0 Å². The van der Waals surface area contributed by atoms with Gasteiger partial charge in [0, 0.05) is 18.0 Å². The quantitative estimate of drug-likeness (QED) is 0.0794. The van der Waals surface area contributed by atoms with Crippen LogP contribution in [0.15, 0.2) is 34.0 Å². The van der Waals surface area contributed by atoms with Crippen molar-refractivity contribution in [2.45, 2.75) is 55.3 Å². The molecule has 2 aliphatic rings. The van der Waals surface area contributed by atoms with E-state index in [1.54, 1.807) is 12.1 Å². The number of alkyl halides is 1. The standard InChI is InChI=1S/C21H27Br2N6O11P/c1-11(25-36-4)17(31)40-41(34,39-13-7-5-12(22)6-8-13)37-10-15-14(30)9-16(38-15)28-19(35-3)21(2,23)18(32)29(20(28)33)27-26-24/h5-8,11,14-16,19,25,30H,9-10H2,1-4H3/t11-,14-,15+,16+,19?,21?,41?/m0/s1. The maximum absolute atomic E-state index is 13.5. The SMILES string of the molecule is CON[C@@H](C)C(=O)OP(=O)(OC[C@H]1O[C@@H](N2C(=O)N(N=[N+]=[N-])C(=O)C(C)(Br)C2OC)C[C@@H]1O)Oc1ccc(Br)cc1. The van der Waals surface area contributed by atoms with E-state index in [0.29, 0.717) is 9.48 Å². The first-order valence-corrected chi connectivity index (χ1v) is 14.8. The Morgan fingerprint density at radius 2 is 2.02 bits per heavy atom. The molecule has 0 radical (unpaired) electrons. The van der Waals surface area contributed by atoms with Crippen LogP contribution in [0.3, 0.4) is 0 Å². The Bertz CT molecular complexity index is 1230. The summed E-state index contributed by atoms with van der Waals surface area (Å²) in [4.78, 5) is 46.5. The van der Waals surface area contributed by atoms with Gasteiger partial charge in [-0.15, -0.1) is 5.53 Å². The molecule has 2 heterocycles. The molecule has 2 saturated heterocycles. The van der Waals surface area contributed by atoms with Gasteiger partial charge < -0.3 is 28.5 Å². The molecule has 3 unspecified atom stereocenters. The van der Waals surface area contributed by atoms with E-state index in [4.69, 9.17) is 28.6 Å². The van der Waals surface area contributed by atoms with Crippen LogP contribution in [0.4, 0.5) is 4.79 Å². The number of benzene rings is 1. The minimum absolute atomic E-state index is 0.0451. The van der Waals surface area contributed by atoms with Crippen LogP contribution >= 0.6 is 39.7 Å². The Hall–Kier alpha value is -2.31. The van der Waals surface area contributed by atoms with Gasteiger partial charge in [-0.3, -0.25) is 4.52 Å². The molecule has 20 heteroatoms. The van der Waals surface area contributed by atoms with E-state index in [0.717, 1.165) is 4.90 Å². The number of nitrogens with one attached hydrogen (secondary N) is 1. The van der Waals surface area contributed by atoms with E-state index < -0.39 is 67.4 Å². The minimum atomic E-state index is -4.67. The molecule has 3 rings (SSSR count). The Morgan fingerprint density at radius 3 is 2.61 bits per heavy atom. The van der Waals surface area contributed by atoms with Gasteiger partial charge in [0.05, 0.1) is 19.8 Å². The molecule has 0 bridgehead atoms. The first-order chi connectivity index (χ1) is 19.3. The first-order valence-electron chi connectivity index (χ1n) is 11.8. The molecule has 0 aliphatic carbocycles. The van der Waals surface area contributed by atoms with Gasteiger partial charge in [0.25, 0.3) is 0 Å². The number of carbonyl (C=O) groups excluding carboxylic acids is 3. The predicted octanol–water partition coefficient (Wildman–Crippen LogP) is 3.13. The topological polar surface area (TPSA) is 211 Å². The number of phosphoric ester groups is 1. The minimum Gasteiger partial charge on any atom is -0.395 e. The third-order valence-electron chi connectivity index (χ3n) is 5.87. The Balaban J connectivity index is 1.80. The molecule has 2 N–H and O–H groups in total. The van der Waals surface area contributed by atoms with E-state index >= 15 is 0 Å². The molecule has 0 saturated carbocycles. The molecule has 226 valence electrons. The number of ether oxygens (including phenoxy) is 2. The Kier molecular flexibility index (Phi) is 11.2. The molecule has 1 aromatic carbocycles.